The molecule has 0 amide bonds. The van der Waals surface area contributed by atoms with Crippen LogP contribution in [0.2, 0.25) is 0 Å². The zero-order valence-corrected chi connectivity index (χ0v) is 14.4. The molecule has 0 unspecified atom stereocenters. The first-order chi connectivity index (χ1) is 11.6. The number of anilines is 2. The third-order valence-corrected chi connectivity index (χ3v) is 4.85. The number of hydrogen-bond acceptors (Lipinski definition) is 1. The zero-order valence-electron chi connectivity index (χ0n) is 14.4. The second-order valence-corrected chi connectivity index (χ2v) is 6.53. The van der Waals surface area contributed by atoms with Crippen molar-refractivity contribution < 1.29 is 0 Å². The first-order valence-corrected chi connectivity index (χ1v) is 8.36. The first kappa shape index (κ1) is 14.8. The van der Waals surface area contributed by atoms with Gasteiger partial charge in [-0.05, 0) is 70.8 Å². The third-order valence-electron chi connectivity index (χ3n) is 4.85. The lowest BCUT2D eigenvalue weighted by atomic mass is 10.0. The Kier molecular flexibility index (Phi) is 3.50. The molecule has 0 N–H and O–H groups in total. The van der Waals surface area contributed by atoms with Gasteiger partial charge in [0.1, 0.15) is 0 Å². The molecule has 4 aromatic rings. The van der Waals surface area contributed by atoms with Crippen LogP contribution in [-0.4, -0.2) is 7.05 Å². The lowest BCUT2D eigenvalue weighted by Gasteiger charge is -2.24. The number of nitrogens with zero attached hydrogens (tertiary/aromatic N) is 1. The highest BCUT2D eigenvalue weighted by Gasteiger charge is 2.11. The molecule has 0 bridgehead atoms. The predicted octanol–water partition coefficient (Wildman–Crippen LogP) is 6.38. The van der Waals surface area contributed by atoms with E-state index in [-0.39, 0.29) is 0 Å². The second kappa shape index (κ2) is 5.68. The van der Waals surface area contributed by atoms with E-state index in [2.05, 4.69) is 98.6 Å². The molecule has 24 heavy (non-hydrogen) atoms. The maximum absolute atomic E-state index is 2.31. The number of aryl methyl sites for hydroxylation is 2. The molecule has 1 nitrogen and oxygen atoms in total. The highest BCUT2D eigenvalue weighted by Crippen LogP contribution is 2.34. The van der Waals surface area contributed by atoms with Gasteiger partial charge >= 0.3 is 0 Å². The summed E-state index contributed by atoms with van der Waals surface area (Å²) in [6.45, 7) is 4.38. The van der Waals surface area contributed by atoms with Gasteiger partial charge in [-0.15, -0.1) is 0 Å². The van der Waals surface area contributed by atoms with Crippen LogP contribution >= 0.6 is 0 Å². The minimum atomic E-state index is 1.26. The molecular formula is C23H21N. The van der Waals surface area contributed by atoms with Crippen molar-refractivity contribution in [1.29, 1.82) is 0 Å². The summed E-state index contributed by atoms with van der Waals surface area (Å²) in [6.07, 6.45) is 0. The van der Waals surface area contributed by atoms with Crippen LogP contribution in [0.1, 0.15) is 11.1 Å². The van der Waals surface area contributed by atoms with E-state index in [0.717, 1.165) is 0 Å². The fraction of sp³-hybridized carbons (Fsp3) is 0.130. The van der Waals surface area contributed by atoms with Gasteiger partial charge in [0, 0.05) is 18.4 Å². The fourth-order valence-corrected chi connectivity index (χ4v) is 3.54. The molecule has 0 aromatic heterocycles. The Balaban J connectivity index is 1.88. The van der Waals surface area contributed by atoms with E-state index in [1.54, 1.807) is 0 Å². The summed E-state index contributed by atoms with van der Waals surface area (Å²) >= 11 is 0. The molecule has 0 aliphatic heterocycles. The van der Waals surface area contributed by atoms with E-state index >= 15 is 0 Å². The molecule has 0 heterocycles. The van der Waals surface area contributed by atoms with E-state index in [1.807, 2.05) is 0 Å². The summed E-state index contributed by atoms with van der Waals surface area (Å²) in [7, 11) is 2.16. The van der Waals surface area contributed by atoms with Crippen LogP contribution in [0.3, 0.4) is 0 Å². The molecule has 0 aliphatic carbocycles. The van der Waals surface area contributed by atoms with Gasteiger partial charge in [0.2, 0.25) is 0 Å². The predicted molar refractivity (Wildman–Crippen MR) is 105 cm³/mol. The van der Waals surface area contributed by atoms with Gasteiger partial charge in [0.15, 0.2) is 0 Å². The van der Waals surface area contributed by atoms with Gasteiger partial charge in [0.25, 0.3) is 0 Å². The molecule has 0 fully saturated rings. The Labute approximate surface area is 143 Å². The zero-order chi connectivity index (χ0) is 16.7. The Morgan fingerprint density at radius 2 is 0.875 bits per heavy atom. The SMILES string of the molecule is Cc1cc2ccccc2cc1N(C)c1cc2ccccc2cc1C. The van der Waals surface area contributed by atoms with Crippen molar-refractivity contribution in [3.05, 3.63) is 83.9 Å². The van der Waals surface area contributed by atoms with Crippen LogP contribution in [0.4, 0.5) is 11.4 Å². The molecule has 1 heteroatoms. The summed E-state index contributed by atoms with van der Waals surface area (Å²) in [5, 5.41) is 5.15. The van der Waals surface area contributed by atoms with E-state index in [1.165, 1.54) is 44.0 Å². The van der Waals surface area contributed by atoms with Gasteiger partial charge < -0.3 is 4.90 Å². The van der Waals surface area contributed by atoms with E-state index in [4.69, 9.17) is 0 Å². The first-order valence-electron chi connectivity index (χ1n) is 8.36. The van der Waals surface area contributed by atoms with Crippen LogP contribution in [0.5, 0.6) is 0 Å². The average Bonchev–Trinajstić information content (AvgIpc) is 2.60. The van der Waals surface area contributed by atoms with Crippen LogP contribution in [-0.2, 0) is 0 Å². The van der Waals surface area contributed by atoms with Crippen LogP contribution in [0.25, 0.3) is 21.5 Å². The molecule has 0 aliphatic rings. The van der Waals surface area contributed by atoms with Gasteiger partial charge in [-0.1, -0.05) is 48.5 Å². The van der Waals surface area contributed by atoms with Crippen molar-refractivity contribution >= 4 is 32.9 Å². The third kappa shape index (κ3) is 2.43. The molecule has 4 aromatic carbocycles. The average molecular weight is 311 g/mol. The van der Waals surface area contributed by atoms with Gasteiger partial charge in [-0.25, -0.2) is 0 Å². The lowest BCUT2D eigenvalue weighted by molar-refractivity contribution is 1.17. The molecule has 0 saturated carbocycles. The number of rotatable bonds is 2. The summed E-state index contributed by atoms with van der Waals surface area (Å²) in [6, 6.07) is 26.2. The van der Waals surface area contributed by atoms with Gasteiger partial charge in [-0.3, -0.25) is 0 Å². The van der Waals surface area contributed by atoms with Crippen molar-refractivity contribution in [2.45, 2.75) is 13.8 Å². The highest BCUT2D eigenvalue weighted by atomic mass is 15.1. The summed E-state index contributed by atoms with van der Waals surface area (Å²) in [5.41, 5.74) is 5.10. The van der Waals surface area contributed by atoms with Gasteiger partial charge in [0.05, 0.1) is 0 Å². The number of benzene rings is 4. The molecule has 0 radical (unpaired) electrons. The standard InChI is InChI=1S/C23H21N/c1-16-12-18-8-4-6-10-20(18)14-22(16)24(3)23-15-21-11-7-5-9-19(21)13-17(23)2/h4-15H,1-3H3. The molecule has 118 valence electrons. The van der Waals surface area contributed by atoms with Crippen LogP contribution in [0.15, 0.2) is 72.8 Å². The topological polar surface area (TPSA) is 3.24 Å². The summed E-state index contributed by atoms with van der Waals surface area (Å²) in [5.74, 6) is 0. The lowest BCUT2D eigenvalue weighted by Crippen LogP contribution is -2.12. The molecule has 0 saturated heterocycles. The monoisotopic (exact) mass is 311 g/mol. The maximum atomic E-state index is 2.31. The summed E-state index contributed by atoms with van der Waals surface area (Å²) in [4.78, 5) is 2.31. The number of fused-ring (bicyclic) bond motifs is 2. The van der Waals surface area contributed by atoms with E-state index in [9.17, 15) is 0 Å². The van der Waals surface area contributed by atoms with Gasteiger partial charge in [-0.2, -0.15) is 0 Å². The van der Waals surface area contributed by atoms with Crippen molar-refractivity contribution in [2.75, 3.05) is 11.9 Å². The van der Waals surface area contributed by atoms with Crippen molar-refractivity contribution in [2.24, 2.45) is 0 Å². The smallest absolute Gasteiger partial charge is 0.0444 e. The maximum Gasteiger partial charge on any atom is 0.0444 e. The van der Waals surface area contributed by atoms with Crippen LogP contribution in [0, 0.1) is 13.8 Å². The van der Waals surface area contributed by atoms with Crippen molar-refractivity contribution in [1.82, 2.24) is 0 Å². The number of hydrogen-bond donors (Lipinski definition) is 0. The summed E-state index contributed by atoms with van der Waals surface area (Å²) < 4.78 is 0. The minimum absolute atomic E-state index is 1.26. The minimum Gasteiger partial charge on any atom is -0.344 e. The molecule has 0 atom stereocenters. The van der Waals surface area contributed by atoms with Crippen LogP contribution < -0.4 is 4.90 Å². The normalized spacial score (nSPS) is 11.1. The molecular weight excluding hydrogens is 290 g/mol. The largest absolute Gasteiger partial charge is 0.344 e. The highest BCUT2D eigenvalue weighted by molar-refractivity contribution is 5.91. The second-order valence-electron chi connectivity index (χ2n) is 6.53. The Morgan fingerprint density at radius 3 is 1.25 bits per heavy atom. The molecule has 0 spiro atoms. The van der Waals surface area contributed by atoms with E-state index in [0.29, 0.717) is 0 Å². The van der Waals surface area contributed by atoms with E-state index < -0.39 is 0 Å². The quantitative estimate of drug-likeness (QED) is 0.415. The fourth-order valence-electron chi connectivity index (χ4n) is 3.54. The Bertz CT molecular complexity index is 961. The molecule has 4 rings (SSSR count). The van der Waals surface area contributed by atoms with Crippen molar-refractivity contribution in [3.8, 4) is 0 Å². The Hall–Kier alpha value is -2.80. The van der Waals surface area contributed by atoms with Crippen molar-refractivity contribution in [3.63, 3.8) is 0 Å². The Morgan fingerprint density at radius 1 is 0.542 bits per heavy atom.